The number of para-hydroxylation sites is 1. The maximum absolute atomic E-state index is 12.5. The summed E-state index contributed by atoms with van der Waals surface area (Å²) in [4.78, 5) is 24.9. The van der Waals surface area contributed by atoms with E-state index in [9.17, 15) is 9.59 Å². The van der Waals surface area contributed by atoms with Gasteiger partial charge in [-0.2, -0.15) is 0 Å². The molecule has 7 nitrogen and oxygen atoms in total. The highest BCUT2D eigenvalue weighted by Crippen LogP contribution is 2.18. The zero-order chi connectivity index (χ0) is 21.3. The molecule has 1 aromatic heterocycles. The van der Waals surface area contributed by atoms with Crippen molar-refractivity contribution >= 4 is 34.8 Å². The predicted octanol–water partition coefficient (Wildman–Crippen LogP) is 3.74. The van der Waals surface area contributed by atoms with Crippen LogP contribution in [0.1, 0.15) is 33.4 Å². The second-order valence-corrected chi connectivity index (χ2v) is 6.59. The maximum atomic E-state index is 12.5. The SMILES string of the molecule is CCOc1ccccc1C(=O)NC(=S)Nc1cccc(C(=O)NCc2ccco2)c1. The molecular weight excluding hydrogens is 402 g/mol. The molecule has 0 fully saturated rings. The van der Waals surface area contributed by atoms with Crippen LogP contribution in [0.2, 0.25) is 0 Å². The van der Waals surface area contributed by atoms with Gasteiger partial charge in [0, 0.05) is 11.3 Å². The molecule has 0 atom stereocenters. The highest BCUT2D eigenvalue weighted by molar-refractivity contribution is 7.80. The van der Waals surface area contributed by atoms with Crippen molar-refractivity contribution in [1.29, 1.82) is 0 Å². The number of benzene rings is 2. The molecule has 3 N–H and O–H groups in total. The third-order valence-electron chi connectivity index (χ3n) is 4.04. The Morgan fingerprint density at radius 3 is 2.63 bits per heavy atom. The van der Waals surface area contributed by atoms with E-state index in [1.54, 1.807) is 66.9 Å². The summed E-state index contributed by atoms with van der Waals surface area (Å²) in [5.74, 6) is 0.504. The molecule has 2 aromatic carbocycles. The van der Waals surface area contributed by atoms with E-state index < -0.39 is 0 Å². The zero-order valence-corrected chi connectivity index (χ0v) is 17.1. The van der Waals surface area contributed by atoms with Gasteiger partial charge in [-0.05, 0) is 61.6 Å². The van der Waals surface area contributed by atoms with Gasteiger partial charge in [0.2, 0.25) is 0 Å². The molecule has 3 rings (SSSR count). The third kappa shape index (κ3) is 5.68. The molecule has 3 aromatic rings. The Kier molecular flexibility index (Phi) is 7.18. The largest absolute Gasteiger partial charge is 0.493 e. The Labute approximate surface area is 179 Å². The number of hydrogen-bond acceptors (Lipinski definition) is 5. The van der Waals surface area contributed by atoms with Gasteiger partial charge in [-0.1, -0.05) is 18.2 Å². The second-order valence-electron chi connectivity index (χ2n) is 6.18. The minimum atomic E-state index is -0.385. The summed E-state index contributed by atoms with van der Waals surface area (Å²) in [5.41, 5.74) is 1.40. The molecule has 0 unspecified atom stereocenters. The third-order valence-corrected chi connectivity index (χ3v) is 4.25. The Hall–Kier alpha value is -3.65. The van der Waals surface area contributed by atoms with Gasteiger partial charge in [0.1, 0.15) is 11.5 Å². The van der Waals surface area contributed by atoms with Crippen molar-refractivity contribution in [2.75, 3.05) is 11.9 Å². The van der Waals surface area contributed by atoms with Crippen LogP contribution in [-0.2, 0) is 6.54 Å². The smallest absolute Gasteiger partial charge is 0.261 e. The lowest BCUT2D eigenvalue weighted by molar-refractivity contribution is 0.0945. The number of rotatable bonds is 7. The fourth-order valence-corrected chi connectivity index (χ4v) is 2.90. The Bertz CT molecular complexity index is 1030. The fraction of sp³-hybridized carbons (Fsp3) is 0.136. The molecule has 8 heteroatoms. The van der Waals surface area contributed by atoms with Gasteiger partial charge < -0.3 is 19.8 Å². The summed E-state index contributed by atoms with van der Waals surface area (Å²) in [6.45, 7) is 2.58. The van der Waals surface area contributed by atoms with E-state index in [2.05, 4.69) is 16.0 Å². The number of anilines is 1. The van der Waals surface area contributed by atoms with E-state index in [4.69, 9.17) is 21.4 Å². The minimum Gasteiger partial charge on any atom is -0.493 e. The Balaban J connectivity index is 1.59. The summed E-state index contributed by atoms with van der Waals surface area (Å²) in [6.07, 6.45) is 1.55. The first-order valence-corrected chi connectivity index (χ1v) is 9.72. The summed E-state index contributed by atoms with van der Waals surface area (Å²) in [7, 11) is 0. The molecule has 154 valence electrons. The van der Waals surface area contributed by atoms with Crippen molar-refractivity contribution in [2.45, 2.75) is 13.5 Å². The fourth-order valence-electron chi connectivity index (χ4n) is 2.69. The molecule has 0 radical (unpaired) electrons. The van der Waals surface area contributed by atoms with Gasteiger partial charge in [-0.3, -0.25) is 14.9 Å². The predicted molar refractivity (Wildman–Crippen MR) is 118 cm³/mol. The van der Waals surface area contributed by atoms with Gasteiger partial charge in [-0.15, -0.1) is 0 Å². The van der Waals surface area contributed by atoms with Crippen LogP contribution < -0.4 is 20.7 Å². The zero-order valence-electron chi connectivity index (χ0n) is 16.3. The van der Waals surface area contributed by atoms with Crippen LogP contribution in [0.15, 0.2) is 71.3 Å². The molecule has 0 saturated heterocycles. The molecule has 0 saturated carbocycles. The van der Waals surface area contributed by atoms with Gasteiger partial charge in [0.05, 0.1) is 25.0 Å². The monoisotopic (exact) mass is 423 g/mol. The van der Waals surface area contributed by atoms with Crippen LogP contribution in [-0.4, -0.2) is 23.5 Å². The average molecular weight is 423 g/mol. The number of carbonyl (C=O) groups excluding carboxylic acids is 2. The average Bonchev–Trinajstić information content (AvgIpc) is 3.26. The number of nitrogens with one attached hydrogen (secondary N) is 3. The number of amides is 2. The van der Waals surface area contributed by atoms with E-state index in [0.29, 0.717) is 34.9 Å². The van der Waals surface area contributed by atoms with Crippen molar-refractivity contribution < 1.29 is 18.7 Å². The molecule has 0 spiro atoms. The number of ether oxygens (including phenoxy) is 1. The van der Waals surface area contributed by atoms with Gasteiger partial charge >= 0.3 is 0 Å². The lowest BCUT2D eigenvalue weighted by atomic mass is 10.2. The topological polar surface area (TPSA) is 92.6 Å². The van der Waals surface area contributed by atoms with Crippen LogP contribution in [0, 0.1) is 0 Å². The van der Waals surface area contributed by atoms with E-state index in [1.165, 1.54) is 0 Å². The lowest BCUT2D eigenvalue weighted by Gasteiger charge is -2.13. The molecular formula is C22H21N3O4S. The molecule has 0 aliphatic heterocycles. The number of hydrogen-bond donors (Lipinski definition) is 3. The first-order chi connectivity index (χ1) is 14.6. The van der Waals surface area contributed by atoms with Crippen LogP contribution >= 0.6 is 12.2 Å². The van der Waals surface area contributed by atoms with E-state index in [-0.39, 0.29) is 23.5 Å². The van der Waals surface area contributed by atoms with Gasteiger partial charge in [0.15, 0.2) is 5.11 Å². The minimum absolute atomic E-state index is 0.111. The summed E-state index contributed by atoms with van der Waals surface area (Å²) >= 11 is 5.24. The molecule has 0 bridgehead atoms. The first kappa shape index (κ1) is 21.1. The van der Waals surface area contributed by atoms with Crippen molar-refractivity contribution in [3.05, 3.63) is 83.8 Å². The maximum Gasteiger partial charge on any atom is 0.261 e. The van der Waals surface area contributed by atoms with Crippen molar-refractivity contribution in [1.82, 2.24) is 10.6 Å². The molecule has 0 aliphatic carbocycles. The van der Waals surface area contributed by atoms with Crippen molar-refractivity contribution in [3.63, 3.8) is 0 Å². The van der Waals surface area contributed by atoms with E-state index >= 15 is 0 Å². The van der Waals surface area contributed by atoms with Crippen LogP contribution in [0.3, 0.4) is 0 Å². The van der Waals surface area contributed by atoms with E-state index in [0.717, 1.165) is 0 Å². The van der Waals surface area contributed by atoms with E-state index in [1.807, 2.05) is 6.92 Å². The molecule has 30 heavy (non-hydrogen) atoms. The Morgan fingerprint density at radius 1 is 1.03 bits per heavy atom. The van der Waals surface area contributed by atoms with Gasteiger partial charge in [-0.25, -0.2) is 0 Å². The van der Waals surface area contributed by atoms with Gasteiger partial charge in [0.25, 0.3) is 11.8 Å². The van der Waals surface area contributed by atoms with Crippen LogP contribution in [0.25, 0.3) is 0 Å². The highest BCUT2D eigenvalue weighted by Gasteiger charge is 2.14. The highest BCUT2D eigenvalue weighted by atomic mass is 32.1. The first-order valence-electron chi connectivity index (χ1n) is 9.31. The van der Waals surface area contributed by atoms with Crippen molar-refractivity contribution in [2.24, 2.45) is 0 Å². The number of thiocarbonyl (C=S) groups is 1. The Morgan fingerprint density at radius 2 is 1.87 bits per heavy atom. The summed E-state index contributed by atoms with van der Waals surface area (Å²) < 4.78 is 10.7. The summed E-state index contributed by atoms with van der Waals surface area (Å²) in [5, 5.41) is 8.43. The molecule has 0 aliphatic rings. The molecule has 1 heterocycles. The van der Waals surface area contributed by atoms with Crippen molar-refractivity contribution in [3.8, 4) is 5.75 Å². The summed E-state index contributed by atoms with van der Waals surface area (Å²) in [6, 6.07) is 17.3. The standard InChI is InChI=1S/C22H21N3O4S/c1-2-28-19-11-4-3-10-18(19)21(27)25-22(30)24-16-8-5-7-15(13-16)20(26)23-14-17-9-6-12-29-17/h3-13H,2,14H2,1H3,(H,23,26)(H2,24,25,27,30). The normalized spacial score (nSPS) is 10.2. The molecule has 2 amide bonds. The number of furan rings is 1. The van der Waals surface area contributed by atoms with Crippen LogP contribution in [0.5, 0.6) is 5.75 Å². The van der Waals surface area contributed by atoms with Crippen LogP contribution in [0.4, 0.5) is 5.69 Å². The second kappa shape index (κ2) is 10.2. The number of carbonyl (C=O) groups is 2. The quantitative estimate of drug-likeness (QED) is 0.502. The lowest BCUT2D eigenvalue weighted by Crippen LogP contribution is -2.34.